The van der Waals surface area contributed by atoms with Crippen molar-refractivity contribution in [2.75, 3.05) is 30.0 Å². The second-order valence-electron chi connectivity index (χ2n) is 6.14. The molecule has 1 saturated heterocycles. The van der Waals surface area contributed by atoms with Crippen LogP contribution in [0, 0.1) is 0 Å². The number of hydrogen-bond donors (Lipinski definition) is 1. The number of amides is 1. The molecule has 7 heteroatoms. The van der Waals surface area contributed by atoms with E-state index in [0.29, 0.717) is 15.0 Å². The van der Waals surface area contributed by atoms with Crippen LogP contribution in [-0.2, 0) is 4.79 Å². The van der Waals surface area contributed by atoms with Gasteiger partial charge >= 0.3 is 0 Å². The molecule has 1 aliphatic rings. The van der Waals surface area contributed by atoms with E-state index >= 15 is 0 Å². The van der Waals surface area contributed by atoms with Crippen LogP contribution >= 0.6 is 24.0 Å². The molecule has 1 fully saturated rings. The minimum atomic E-state index is -0.155. The lowest BCUT2D eigenvalue weighted by Gasteiger charge is -2.22. The predicted octanol–water partition coefficient (Wildman–Crippen LogP) is 4.65. The summed E-state index contributed by atoms with van der Waals surface area (Å²) < 4.78 is 5.62. The molecule has 0 radical (unpaired) electrons. The molecule has 0 spiro atoms. The van der Waals surface area contributed by atoms with Crippen LogP contribution in [0.2, 0.25) is 0 Å². The van der Waals surface area contributed by atoms with Crippen LogP contribution in [0.25, 0.3) is 6.08 Å². The Morgan fingerprint density at radius 2 is 1.86 bits per heavy atom. The number of benzene rings is 2. The highest BCUT2D eigenvalue weighted by Crippen LogP contribution is 2.37. The highest BCUT2D eigenvalue weighted by atomic mass is 32.2. The molecule has 3 rings (SSSR count). The van der Waals surface area contributed by atoms with Crippen molar-refractivity contribution in [2.24, 2.45) is 0 Å². The van der Waals surface area contributed by atoms with E-state index in [4.69, 9.17) is 17.0 Å². The highest BCUT2D eigenvalue weighted by molar-refractivity contribution is 8.27. The summed E-state index contributed by atoms with van der Waals surface area (Å²) in [6, 6.07) is 12.8. The van der Waals surface area contributed by atoms with Gasteiger partial charge in [0.1, 0.15) is 0 Å². The van der Waals surface area contributed by atoms with Crippen LogP contribution in [0.1, 0.15) is 19.4 Å². The average Bonchev–Trinajstić information content (AvgIpc) is 2.98. The quantitative estimate of drug-likeness (QED) is 0.548. The van der Waals surface area contributed by atoms with Gasteiger partial charge in [0, 0.05) is 18.8 Å². The zero-order chi connectivity index (χ0) is 20.3. The van der Waals surface area contributed by atoms with E-state index in [-0.39, 0.29) is 11.7 Å². The van der Waals surface area contributed by atoms with Crippen molar-refractivity contribution in [3.8, 4) is 11.5 Å². The third-order valence-corrected chi connectivity index (χ3v) is 5.83. The van der Waals surface area contributed by atoms with Crippen LogP contribution in [0.5, 0.6) is 11.5 Å². The van der Waals surface area contributed by atoms with E-state index in [1.165, 1.54) is 24.9 Å². The first-order valence-corrected chi connectivity index (χ1v) is 10.2. The fourth-order valence-electron chi connectivity index (χ4n) is 3.03. The van der Waals surface area contributed by atoms with Gasteiger partial charge in [0.25, 0.3) is 5.91 Å². The monoisotopic (exact) mass is 414 g/mol. The van der Waals surface area contributed by atoms with Crippen molar-refractivity contribution in [3.05, 3.63) is 52.9 Å². The number of methoxy groups -OCH3 is 1. The number of hydrogen-bond acceptors (Lipinski definition) is 6. The summed E-state index contributed by atoms with van der Waals surface area (Å²) in [6.45, 7) is 6.08. The molecule has 1 heterocycles. The molecule has 0 saturated carbocycles. The lowest BCUT2D eigenvalue weighted by Crippen LogP contribution is -2.27. The molecular weight excluding hydrogens is 392 g/mol. The van der Waals surface area contributed by atoms with E-state index in [2.05, 4.69) is 18.7 Å². The Hall–Kier alpha value is -2.51. The minimum absolute atomic E-state index is 0.0560. The maximum absolute atomic E-state index is 12.9. The van der Waals surface area contributed by atoms with Gasteiger partial charge in [-0.15, -0.1) is 0 Å². The van der Waals surface area contributed by atoms with E-state index in [1.807, 2.05) is 24.3 Å². The zero-order valence-corrected chi connectivity index (χ0v) is 17.6. The molecule has 5 nitrogen and oxygen atoms in total. The maximum atomic E-state index is 12.9. The minimum Gasteiger partial charge on any atom is -0.504 e. The number of anilines is 2. The summed E-state index contributed by atoms with van der Waals surface area (Å²) >= 11 is 6.71. The Labute approximate surface area is 174 Å². The molecular formula is C21H22N2O3S2. The number of thioether (sulfide) groups is 1. The van der Waals surface area contributed by atoms with Crippen molar-refractivity contribution in [2.45, 2.75) is 13.8 Å². The smallest absolute Gasteiger partial charge is 0.270 e. The van der Waals surface area contributed by atoms with Crippen molar-refractivity contribution in [1.82, 2.24) is 0 Å². The first-order chi connectivity index (χ1) is 13.5. The molecule has 1 amide bonds. The number of ether oxygens (including phenoxy) is 1. The summed E-state index contributed by atoms with van der Waals surface area (Å²) in [4.78, 5) is 17.3. The van der Waals surface area contributed by atoms with Gasteiger partial charge in [0.15, 0.2) is 15.8 Å². The molecule has 0 unspecified atom stereocenters. The van der Waals surface area contributed by atoms with Crippen molar-refractivity contribution in [3.63, 3.8) is 0 Å². The van der Waals surface area contributed by atoms with Crippen molar-refractivity contribution < 1.29 is 14.6 Å². The number of phenols is 1. The number of thiocarbonyl (C=S) groups is 1. The first kappa shape index (κ1) is 20.2. The second-order valence-corrected chi connectivity index (χ2v) is 7.81. The van der Waals surface area contributed by atoms with Crippen LogP contribution < -0.4 is 14.5 Å². The van der Waals surface area contributed by atoms with Crippen LogP contribution in [0.3, 0.4) is 0 Å². The predicted molar refractivity (Wildman–Crippen MR) is 120 cm³/mol. The topological polar surface area (TPSA) is 53.0 Å². The van der Waals surface area contributed by atoms with Crippen molar-refractivity contribution >= 4 is 51.7 Å². The van der Waals surface area contributed by atoms with Gasteiger partial charge in [-0.2, -0.15) is 0 Å². The molecule has 0 bridgehead atoms. The average molecular weight is 415 g/mol. The number of aromatic hydroxyl groups is 1. The fraction of sp³-hybridized carbons (Fsp3) is 0.238. The molecule has 146 valence electrons. The van der Waals surface area contributed by atoms with Crippen LogP contribution in [-0.4, -0.2) is 35.5 Å². The van der Waals surface area contributed by atoms with Gasteiger partial charge in [-0.25, -0.2) is 0 Å². The van der Waals surface area contributed by atoms with Gasteiger partial charge < -0.3 is 14.7 Å². The number of carbonyl (C=O) groups is 1. The summed E-state index contributed by atoms with van der Waals surface area (Å²) in [5.41, 5.74) is 2.63. The summed E-state index contributed by atoms with van der Waals surface area (Å²) in [7, 11) is 1.49. The second kappa shape index (κ2) is 8.67. The Bertz CT molecular complexity index is 922. The molecule has 28 heavy (non-hydrogen) atoms. The van der Waals surface area contributed by atoms with Gasteiger partial charge in [0.05, 0.1) is 17.7 Å². The third kappa shape index (κ3) is 4.00. The van der Waals surface area contributed by atoms with E-state index < -0.39 is 0 Å². The van der Waals surface area contributed by atoms with Crippen LogP contribution in [0.4, 0.5) is 11.4 Å². The summed E-state index contributed by atoms with van der Waals surface area (Å²) in [5, 5.41) is 9.73. The Kier molecular flexibility index (Phi) is 6.26. The highest BCUT2D eigenvalue weighted by Gasteiger charge is 2.33. The molecule has 0 aliphatic carbocycles. The van der Waals surface area contributed by atoms with Gasteiger partial charge in [0.2, 0.25) is 0 Å². The number of rotatable bonds is 6. The standard InChI is InChI=1S/C21H22N2O3S2/c1-4-22(5-2)15-7-9-16(10-8-15)23-20(25)19(28-21(23)27)13-14-6-11-17(24)18(12-14)26-3/h6-13,24H,4-5H2,1-3H3/b19-13+. The molecule has 1 aliphatic heterocycles. The number of carbonyl (C=O) groups excluding carboxylic acids is 1. The molecule has 1 N–H and O–H groups in total. The van der Waals surface area contributed by atoms with E-state index in [1.54, 1.807) is 23.1 Å². The summed E-state index contributed by atoms with van der Waals surface area (Å²) in [5.74, 6) is 0.259. The molecule has 2 aromatic carbocycles. The molecule has 0 atom stereocenters. The third-order valence-electron chi connectivity index (χ3n) is 4.53. The Morgan fingerprint density at radius 3 is 2.46 bits per heavy atom. The molecule has 0 aromatic heterocycles. The lowest BCUT2D eigenvalue weighted by molar-refractivity contribution is -0.113. The maximum Gasteiger partial charge on any atom is 0.270 e. The van der Waals surface area contributed by atoms with Gasteiger partial charge in [-0.1, -0.05) is 30.0 Å². The van der Waals surface area contributed by atoms with E-state index in [0.717, 1.165) is 30.0 Å². The van der Waals surface area contributed by atoms with E-state index in [9.17, 15) is 9.90 Å². The fourth-order valence-corrected chi connectivity index (χ4v) is 4.33. The lowest BCUT2D eigenvalue weighted by atomic mass is 10.2. The Morgan fingerprint density at radius 1 is 1.18 bits per heavy atom. The normalized spacial score (nSPS) is 15.4. The van der Waals surface area contributed by atoms with Gasteiger partial charge in [-0.05, 0) is 61.9 Å². The molecule has 2 aromatic rings. The number of phenolic OH excluding ortho intramolecular Hbond substituents is 1. The Balaban J connectivity index is 1.85. The number of nitrogens with zero attached hydrogens (tertiary/aromatic N) is 2. The van der Waals surface area contributed by atoms with Crippen molar-refractivity contribution in [1.29, 1.82) is 0 Å². The SMILES string of the molecule is CCN(CC)c1ccc(N2C(=O)/C(=C\c3ccc(O)c(OC)c3)SC2=S)cc1. The van der Waals surface area contributed by atoms with Gasteiger partial charge in [-0.3, -0.25) is 9.69 Å². The summed E-state index contributed by atoms with van der Waals surface area (Å²) in [6.07, 6.45) is 1.76. The van der Waals surface area contributed by atoms with Crippen LogP contribution in [0.15, 0.2) is 47.4 Å². The zero-order valence-electron chi connectivity index (χ0n) is 16.0. The first-order valence-electron chi connectivity index (χ1n) is 8.98. The largest absolute Gasteiger partial charge is 0.504 e.